The van der Waals surface area contributed by atoms with Crippen LogP contribution in [0.5, 0.6) is 5.75 Å². The van der Waals surface area contributed by atoms with Crippen molar-refractivity contribution in [2.24, 2.45) is 10.8 Å². The van der Waals surface area contributed by atoms with E-state index in [0.29, 0.717) is 16.3 Å². The molecule has 0 spiro atoms. The molecule has 3 aliphatic carbocycles. The molecule has 1 amide bonds. The Bertz CT molecular complexity index is 1420. The molecule has 0 aliphatic heterocycles. The molecule has 0 saturated heterocycles. The molecule has 0 aromatic heterocycles. The van der Waals surface area contributed by atoms with Crippen LogP contribution < -0.4 is 10.1 Å². The number of ether oxygens (including phenoxy) is 1. The highest BCUT2D eigenvalue weighted by atomic mass is 32.2. The SMILES string of the molecule is O=C(NC(C(=O)O)C12CC(C(F)(F)F)(C1)C2)c1ccc2ccccc2c1OCc1ccc(SC(F)(F)F)cc1. The lowest BCUT2D eigenvalue weighted by Crippen LogP contribution is -2.75. The second-order valence-electron chi connectivity index (χ2n) is 10.1. The molecule has 6 rings (SSSR count). The molecule has 0 radical (unpaired) electrons. The molecule has 2 bridgehead atoms. The minimum atomic E-state index is -4.43. The van der Waals surface area contributed by atoms with Crippen molar-refractivity contribution < 1.29 is 45.8 Å². The first kappa shape index (κ1) is 27.2. The molecule has 5 nitrogen and oxygen atoms in total. The molecule has 39 heavy (non-hydrogen) atoms. The van der Waals surface area contributed by atoms with Gasteiger partial charge in [0.2, 0.25) is 0 Å². The average molecular weight is 570 g/mol. The van der Waals surface area contributed by atoms with Crippen molar-refractivity contribution >= 4 is 34.4 Å². The van der Waals surface area contributed by atoms with Gasteiger partial charge in [0.15, 0.2) is 0 Å². The number of carboxylic acids is 1. The van der Waals surface area contributed by atoms with Gasteiger partial charge in [-0.3, -0.25) is 4.79 Å². The Labute approximate surface area is 222 Å². The van der Waals surface area contributed by atoms with Gasteiger partial charge in [0.1, 0.15) is 18.4 Å². The van der Waals surface area contributed by atoms with Gasteiger partial charge in [-0.1, -0.05) is 42.5 Å². The van der Waals surface area contributed by atoms with E-state index < -0.39 is 40.4 Å². The number of alkyl halides is 6. The predicted octanol–water partition coefficient (Wildman–Crippen LogP) is 6.95. The predicted molar refractivity (Wildman–Crippen MR) is 130 cm³/mol. The summed E-state index contributed by atoms with van der Waals surface area (Å²) in [5.41, 5.74) is -6.96. The third kappa shape index (κ3) is 5.02. The normalized spacial score (nSPS) is 22.9. The Balaban J connectivity index is 1.37. The summed E-state index contributed by atoms with van der Waals surface area (Å²) in [5.74, 6) is -2.11. The van der Waals surface area contributed by atoms with Crippen molar-refractivity contribution in [3.05, 3.63) is 71.8 Å². The first-order chi connectivity index (χ1) is 18.2. The van der Waals surface area contributed by atoms with E-state index in [2.05, 4.69) is 5.32 Å². The summed E-state index contributed by atoms with van der Waals surface area (Å²) >= 11 is -0.251. The van der Waals surface area contributed by atoms with Crippen molar-refractivity contribution in [2.45, 2.75) is 48.5 Å². The lowest BCUT2D eigenvalue weighted by molar-refractivity contribution is -0.367. The van der Waals surface area contributed by atoms with Gasteiger partial charge in [0.25, 0.3) is 5.91 Å². The highest BCUT2D eigenvalue weighted by Gasteiger charge is 2.81. The van der Waals surface area contributed by atoms with E-state index in [9.17, 15) is 41.0 Å². The maximum atomic E-state index is 13.3. The Morgan fingerprint density at radius 3 is 2.18 bits per heavy atom. The molecular weight excluding hydrogens is 548 g/mol. The maximum absolute atomic E-state index is 13.3. The standard InChI is InChI=1S/C27H21F6NO4S/c28-26(29,30)25-12-24(13-25,14-25)21(23(36)37)34-22(35)19-10-7-16-3-1-2-4-18(16)20(19)38-11-15-5-8-17(9-6-15)39-27(31,32)33/h1-10,21H,11-14H2,(H,34,35)(H,36,37). The largest absolute Gasteiger partial charge is 0.487 e. The van der Waals surface area contributed by atoms with Crippen LogP contribution in [0, 0.1) is 10.8 Å². The number of carbonyl (C=O) groups is 2. The van der Waals surface area contributed by atoms with Crippen LogP contribution >= 0.6 is 11.8 Å². The summed E-state index contributed by atoms with van der Waals surface area (Å²) in [6.45, 7) is -0.106. The van der Waals surface area contributed by atoms with E-state index in [-0.39, 0.29) is 53.8 Å². The monoisotopic (exact) mass is 569 g/mol. The van der Waals surface area contributed by atoms with Gasteiger partial charge in [0.05, 0.1) is 11.0 Å². The lowest BCUT2D eigenvalue weighted by Gasteiger charge is -2.72. The molecule has 206 valence electrons. The van der Waals surface area contributed by atoms with E-state index in [0.717, 1.165) is 0 Å². The van der Waals surface area contributed by atoms with Crippen LogP contribution in [0.3, 0.4) is 0 Å². The zero-order chi connectivity index (χ0) is 28.2. The molecule has 3 fully saturated rings. The molecule has 2 N–H and O–H groups in total. The summed E-state index contributed by atoms with van der Waals surface area (Å²) in [5, 5.41) is 13.4. The van der Waals surface area contributed by atoms with Crippen molar-refractivity contribution in [1.29, 1.82) is 0 Å². The van der Waals surface area contributed by atoms with E-state index in [1.807, 2.05) is 0 Å². The van der Waals surface area contributed by atoms with Crippen LogP contribution in [0.4, 0.5) is 26.3 Å². The zero-order valence-corrected chi connectivity index (χ0v) is 20.8. The van der Waals surface area contributed by atoms with Crippen molar-refractivity contribution in [3.8, 4) is 5.75 Å². The summed E-state index contributed by atoms with van der Waals surface area (Å²) in [6.07, 6.45) is -5.50. The summed E-state index contributed by atoms with van der Waals surface area (Å²) < 4.78 is 83.7. The van der Waals surface area contributed by atoms with Crippen LogP contribution in [-0.4, -0.2) is 34.7 Å². The summed E-state index contributed by atoms with van der Waals surface area (Å²) in [6, 6.07) is 14.0. The Kier molecular flexibility index (Phi) is 6.52. The van der Waals surface area contributed by atoms with Gasteiger partial charge in [-0.2, -0.15) is 26.3 Å². The number of fused-ring (bicyclic) bond motifs is 1. The molecular formula is C27H21F6NO4S. The van der Waals surface area contributed by atoms with Crippen LogP contribution in [0.15, 0.2) is 65.6 Å². The number of rotatable bonds is 8. The fourth-order valence-corrected chi connectivity index (χ4v) is 6.22. The van der Waals surface area contributed by atoms with E-state index in [4.69, 9.17) is 4.74 Å². The third-order valence-corrected chi connectivity index (χ3v) is 8.21. The number of aliphatic carboxylic acids is 1. The van der Waals surface area contributed by atoms with Crippen molar-refractivity contribution in [1.82, 2.24) is 5.32 Å². The summed E-state index contributed by atoms with van der Waals surface area (Å²) in [4.78, 5) is 25.3. The minimum absolute atomic E-state index is 0.00269. The number of carboxylic acid groups (broad SMARTS) is 1. The first-order valence-corrected chi connectivity index (χ1v) is 12.6. The number of thioether (sulfide) groups is 1. The molecule has 3 aromatic carbocycles. The Hall–Kier alpha value is -3.41. The van der Waals surface area contributed by atoms with E-state index in [1.54, 1.807) is 30.3 Å². The molecule has 1 unspecified atom stereocenters. The highest BCUT2D eigenvalue weighted by Crippen LogP contribution is 2.79. The van der Waals surface area contributed by atoms with E-state index >= 15 is 0 Å². The van der Waals surface area contributed by atoms with Gasteiger partial charge in [-0.15, -0.1) is 0 Å². The number of carbonyl (C=O) groups excluding carboxylic acids is 1. The number of nitrogens with one attached hydrogen (secondary N) is 1. The average Bonchev–Trinajstić information content (AvgIpc) is 2.79. The maximum Gasteiger partial charge on any atom is 0.446 e. The number of hydrogen-bond acceptors (Lipinski definition) is 4. The van der Waals surface area contributed by atoms with Crippen LogP contribution in [0.25, 0.3) is 10.8 Å². The topological polar surface area (TPSA) is 75.6 Å². The molecule has 3 aliphatic rings. The second-order valence-corrected chi connectivity index (χ2v) is 11.2. The van der Waals surface area contributed by atoms with Crippen LogP contribution in [0.2, 0.25) is 0 Å². The lowest BCUT2D eigenvalue weighted by atomic mass is 9.33. The molecule has 0 heterocycles. The fourth-order valence-electron chi connectivity index (χ4n) is 5.68. The minimum Gasteiger partial charge on any atom is -0.487 e. The Morgan fingerprint density at radius 2 is 1.59 bits per heavy atom. The van der Waals surface area contributed by atoms with Crippen molar-refractivity contribution in [3.63, 3.8) is 0 Å². The van der Waals surface area contributed by atoms with Gasteiger partial charge in [0, 0.05) is 15.7 Å². The molecule has 1 atom stereocenters. The molecule has 3 aromatic rings. The van der Waals surface area contributed by atoms with E-state index in [1.165, 1.54) is 30.3 Å². The zero-order valence-electron chi connectivity index (χ0n) is 20.0. The third-order valence-electron chi connectivity index (χ3n) is 7.47. The summed E-state index contributed by atoms with van der Waals surface area (Å²) in [7, 11) is 0. The number of benzene rings is 3. The van der Waals surface area contributed by atoms with Gasteiger partial charge in [-0.05, 0) is 60.2 Å². The number of amides is 1. The Morgan fingerprint density at radius 1 is 0.949 bits per heavy atom. The second kappa shape index (κ2) is 9.35. The fraction of sp³-hybridized carbons (Fsp3) is 0.333. The van der Waals surface area contributed by atoms with Gasteiger partial charge >= 0.3 is 17.7 Å². The van der Waals surface area contributed by atoms with Gasteiger partial charge < -0.3 is 15.2 Å². The van der Waals surface area contributed by atoms with Gasteiger partial charge in [-0.25, -0.2) is 4.79 Å². The quantitative estimate of drug-likeness (QED) is 0.227. The molecule has 3 saturated carbocycles. The van der Waals surface area contributed by atoms with Crippen molar-refractivity contribution in [2.75, 3.05) is 0 Å². The number of hydrogen-bond donors (Lipinski definition) is 2. The molecule has 12 heteroatoms. The first-order valence-electron chi connectivity index (χ1n) is 11.8. The highest BCUT2D eigenvalue weighted by molar-refractivity contribution is 8.00. The van der Waals surface area contributed by atoms with Crippen LogP contribution in [0.1, 0.15) is 35.2 Å². The van der Waals surface area contributed by atoms with Crippen LogP contribution in [-0.2, 0) is 11.4 Å². The number of halogens is 6. The smallest absolute Gasteiger partial charge is 0.446 e.